The second-order valence-electron chi connectivity index (χ2n) is 4.46. The molecule has 0 aliphatic carbocycles. The van der Waals surface area contributed by atoms with Gasteiger partial charge < -0.3 is 14.4 Å². The molecule has 0 radical (unpaired) electrons. The van der Waals surface area contributed by atoms with Gasteiger partial charge in [0.1, 0.15) is 23.7 Å². The Morgan fingerprint density at radius 2 is 2.09 bits per heavy atom. The van der Waals surface area contributed by atoms with Gasteiger partial charge in [0.2, 0.25) is 0 Å². The van der Waals surface area contributed by atoms with Gasteiger partial charge in [-0.1, -0.05) is 23.4 Å². The monoisotopic (exact) mass is 319 g/mol. The number of rotatable bonds is 6. The molecule has 0 amide bonds. The summed E-state index contributed by atoms with van der Waals surface area (Å²) in [5, 5.41) is 13.8. The molecule has 1 heterocycles. The van der Waals surface area contributed by atoms with Crippen LogP contribution in [0.4, 0.5) is 0 Å². The van der Waals surface area contributed by atoms with Crippen LogP contribution in [0, 0.1) is 0 Å². The van der Waals surface area contributed by atoms with Crippen LogP contribution in [-0.2, 0) is 10.6 Å². The first-order chi connectivity index (χ1) is 10.6. The van der Waals surface area contributed by atoms with Crippen LogP contribution >= 0.6 is 11.8 Å². The topological polar surface area (TPSA) is 72.0 Å². The molecule has 0 saturated heterocycles. The largest absolute Gasteiger partial charge is 0.507 e. The van der Waals surface area contributed by atoms with Crippen LogP contribution in [0.15, 0.2) is 55.7 Å². The molecule has 2 aromatic rings. The standard InChI is InChI=1S/C16H17NO4S/c1-3-20-17-11(2)15-14(18)9-12(21-16(15)19)10-22-13-7-5-4-6-8-13/h4-9,18H,3,10H2,1-2H3/b17-11+. The van der Waals surface area contributed by atoms with E-state index in [1.54, 1.807) is 13.8 Å². The van der Waals surface area contributed by atoms with Crippen molar-refractivity contribution in [3.63, 3.8) is 0 Å². The van der Waals surface area contributed by atoms with Crippen molar-refractivity contribution in [2.24, 2.45) is 5.16 Å². The van der Waals surface area contributed by atoms with Crippen LogP contribution in [-0.4, -0.2) is 17.4 Å². The third-order valence-electron chi connectivity index (χ3n) is 2.80. The Hall–Kier alpha value is -2.21. The number of aromatic hydroxyl groups is 1. The third kappa shape index (κ3) is 4.14. The van der Waals surface area contributed by atoms with E-state index in [4.69, 9.17) is 9.25 Å². The first-order valence-electron chi connectivity index (χ1n) is 6.82. The lowest BCUT2D eigenvalue weighted by molar-refractivity contribution is 0.158. The minimum Gasteiger partial charge on any atom is -0.507 e. The maximum absolute atomic E-state index is 12.0. The van der Waals surface area contributed by atoms with E-state index in [2.05, 4.69) is 5.16 Å². The second-order valence-corrected chi connectivity index (χ2v) is 5.51. The zero-order valence-electron chi connectivity index (χ0n) is 12.4. The van der Waals surface area contributed by atoms with Crippen molar-refractivity contribution < 1.29 is 14.4 Å². The van der Waals surface area contributed by atoms with E-state index in [-0.39, 0.29) is 17.0 Å². The summed E-state index contributed by atoms with van der Waals surface area (Å²) < 4.78 is 5.24. The summed E-state index contributed by atoms with van der Waals surface area (Å²) in [6, 6.07) is 11.2. The maximum Gasteiger partial charge on any atom is 0.349 e. The van der Waals surface area contributed by atoms with Gasteiger partial charge in [0.15, 0.2) is 0 Å². The number of thioether (sulfide) groups is 1. The van der Waals surface area contributed by atoms with Crippen molar-refractivity contribution in [3.05, 3.63) is 58.1 Å². The molecular weight excluding hydrogens is 302 g/mol. The quantitative estimate of drug-likeness (QED) is 0.502. The van der Waals surface area contributed by atoms with Gasteiger partial charge in [-0.2, -0.15) is 0 Å². The van der Waals surface area contributed by atoms with Gasteiger partial charge in [-0.15, -0.1) is 11.8 Å². The molecule has 5 nitrogen and oxygen atoms in total. The number of nitrogens with zero attached hydrogens (tertiary/aromatic N) is 1. The van der Waals surface area contributed by atoms with Crippen LogP contribution in [0.1, 0.15) is 25.2 Å². The predicted molar refractivity (Wildman–Crippen MR) is 86.5 cm³/mol. The minimum atomic E-state index is -0.621. The molecule has 0 atom stereocenters. The minimum absolute atomic E-state index is 0.0295. The SMILES string of the molecule is CCO/N=C(\C)c1c(O)cc(CSc2ccccc2)oc1=O. The van der Waals surface area contributed by atoms with Crippen LogP contribution in [0.25, 0.3) is 0 Å². The van der Waals surface area contributed by atoms with E-state index in [1.165, 1.54) is 17.8 Å². The average molecular weight is 319 g/mol. The van der Waals surface area contributed by atoms with Crippen LogP contribution in [0.5, 0.6) is 5.75 Å². The average Bonchev–Trinajstić information content (AvgIpc) is 2.51. The van der Waals surface area contributed by atoms with E-state index in [1.807, 2.05) is 30.3 Å². The molecule has 1 aromatic carbocycles. The zero-order valence-corrected chi connectivity index (χ0v) is 13.2. The Balaban J connectivity index is 2.18. The molecule has 0 bridgehead atoms. The Morgan fingerprint density at radius 3 is 2.73 bits per heavy atom. The van der Waals surface area contributed by atoms with Gasteiger partial charge in [-0.05, 0) is 26.0 Å². The van der Waals surface area contributed by atoms with Crippen molar-refractivity contribution >= 4 is 17.5 Å². The van der Waals surface area contributed by atoms with Crippen LogP contribution < -0.4 is 5.63 Å². The number of oxime groups is 1. The fourth-order valence-corrected chi connectivity index (χ4v) is 2.61. The van der Waals surface area contributed by atoms with Gasteiger partial charge in [-0.25, -0.2) is 4.79 Å². The van der Waals surface area contributed by atoms with Crippen molar-refractivity contribution in [2.75, 3.05) is 6.61 Å². The molecule has 0 aliphatic heterocycles. The highest BCUT2D eigenvalue weighted by Crippen LogP contribution is 2.24. The summed E-state index contributed by atoms with van der Waals surface area (Å²) in [6.07, 6.45) is 0. The van der Waals surface area contributed by atoms with E-state index in [0.717, 1.165) is 4.90 Å². The van der Waals surface area contributed by atoms with Crippen molar-refractivity contribution in [1.29, 1.82) is 0 Å². The van der Waals surface area contributed by atoms with Crippen molar-refractivity contribution in [1.82, 2.24) is 0 Å². The Morgan fingerprint density at radius 1 is 1.36 bits per heavy atom. The summed E-state index contributed by atoms with van der Waals surface area (Å²) in [5.41, 5.74) is -0.304. The second kappa shape index (κ2) is 7.70. The molecule has 0 aliphatic rings. The van der Waals surface area contributed by atoms with Crippen molar-refractivity contribution in [3.8, 4) is 5.75 Å². The first kappa shape index (κ1) is 16.2. The molecule has 0 unspecified atom stereocenters. The molecule has 0 spiro atoms. The van der Waals surface area contributed by atoms with Gasteiger partial charge in [0.25, 0.3) is 0 Å². The summed E-state index contributed by atoms with van der Waals surface area (Å²) in [6.45, 7) is 3.75. The lowest BCUT2D eigenvalue weighted by Crippen LogP contribution is -2.14. The summed E-state index contributed by atoms with van der Waals surface area (Å²) in [5.74, 6) is 0.708. The molecule has 2 rings (SSSR count). The molecule has 0 fully saturated rings. The Kier molecular flexibility index (Phi) is 5.66. The summed E-state index contributed by atoms with van der Waals surface area (Å²) in [4.78, 5) is 18.0. The predicted octanol–water partition coefficient (Wildman–Crippen LogP) is 3.40. The van der Waals surface area contributed by atoms with E-state index in [9.17, 15) is 9.90 Å². The highest BCUT2D eigenvalue weighted by atomic mass is 32.2. The third-order valence-corrected chi connectivity index (χ3v) is 3.83. The molecule has 1 aromatic heterocycles. The lowest BCUT2D eigenvalue weighted by Gasteiger charge is -2.05. The maximum atomic E-state index is 12.0. The molecule has 116 valence electrons. The molecule has 6 heteroatoms. The van der Waals surface area contributed by atoms with Gasteiger partial charge in [-0.3, -0.25) is 0 Å². The van der Waals surface area contributed by atoms with E-state index < -0.39 is 5.63 Å². The normalized spacial score (nSPS) is 11.5. The van der Waals surface area contributed by atoms with Crippen LogP contribution in [0.3, 0.4) is 0 Å². The summed E-state index contributed by atoms with van der Waals surface area (Å²) >= 11 is 1.52. The fraction of sp³-hybridized carbons (Fsp3) is 0.250. The lowest BCUT2D eigenvalue weighted by atomic mass is 10.2. The number of hydrogen-bond acceptors (Lipinski definition) is 6. The van der Waals surface area contributed by atoms with Gasteiger partial charge in [0.05, 0.1) is 11.5 Å². The number of benzene rings is 1. The van der Waals surface area contributed by atoms with Gasteiger partial charge in [0, 0.05) is 11.0 Å². The summed E-state index contributed by atoms with van der Waals surface area (Å²) in [7, 11) is 0. The first-order valence-corrected chi connectivity index (χ1v) is 7.81. The molecular formula is C16H17NO4S. The van der Waals surface area contributed by atoms with Gasteiger partial charge >= 0.3 is 5.63 Å². The Labute approximate surface area is 132 Å². The fourth-order valence-electron chi connectivity index (χ4n) is 1.81. The molecule has 1 N–H and O–H groups in total. The van der Waals surface area contributed by atoms with Crippen LogP contribution in [0.2, 0.25) is 0 Å². The molecule has 22 heavy (non-hydrogen) atoms. The highest BCUT2D eigenvalue weighted by Gasteiger charge is 2.15. The van der Waals surface area contributed by atoms with E-state index >= 15 is 0 Å². The smallest absolute Gasteiger partial charge is 0.349 e. The highest BCUT2D eigenvalue weighted by molar-refractivity contribution is 7.98. The Bertz CT molecular complexity index is 710. The van der Waals surface area contributed by atoms with E-state index in [0.29, 0.717) is 18.1 Å². The zero-order chi connectivity index (χ0) is 15.9. The van der Waals surface area contributed by atoms with Crippen molar-refractivity contribution in [2.45, 2.75) is 24.5 Å². The molecule has 0 saturated carbocycles. The number of hydrogen-bond donors (Lipinski definition) is 1.